The van der Waals surface area contributed by atoms with Crippen LogP contribution in [0.1, 0.15) is 17.9 Å². The van der Waals surface area contributed by atoms with Gasteiger partial charge in [0.2, 0.25) is 5.91 Å². The fourth-order valence-electron chi connectivity index (χ4n) is 2.51. The molecule has 2 heterocycles. The molecular formula is C15H14N4O3. The molecule has 1 aromatic carbocycles. The molecule has 1 amide bonds. The number of fused-ring (bicyclic) bond motifs is 1. The fourth-order valence-corrected chi connectivity index (χ4v) is 2.51. The van der Waals surface area contributed by atoms with Crippen molar-refractivity contribution in [2.75, 3.05) is 17.2 Å². The van der Waals surface area contributed by atoms with E-state index in [1.54, 1.807) is 6.07 Å². The third-order valence-electron chi connectivity index (χ3n) is 3.61. The summed E-state index contributed by atoms with van der Waals surface area (Å²) in [4.78, 5) is 26.0. The fraction of sp³-hybridized carbons (Fsp3) is 0.200. The number of hydrogen-bond donors (Lipinski definition) is 2. The number of hydrogen-bond acceptors (Lipinski definition) is 5. The molecular weight excluding hydrogens is 284 g/mol. The van der Waals surface area contributed by atoms with Gasteiger partial charge >= 0.3 is 0 Å². The summed E-state index contributed by atoms with van der Waals surface area (Å²) in [5.41, 5.74) is 1.83. The lowest BCUT2D eigenvalue weighted by molar-refractivity contribution is -0.385. The molecule has 0 saturated heterocycles. The minimum Gasteiger partial charge on any atom is -0.370 e. The number of para-hydroxylation sites is 1. The summed E-state index contributed by atoms with van der Waals surface area (Å²) in [5.74, 6) is 0.374. The number of carbonyl (C=O) groups excluding carboxylic acids is 1. The molecule has 0 bridgehead atoms. The molecule has 3 rings (SSSR count). The van der Waals surface area contributed by atoms with Gasteiger partial charge in [0.05, 0.1) is 10.8 Å². The smallest absolute Gasteiger partial charge is 0.287 e. The van der Waals surface area contributed by atoms with Gasteiger partial charge in [0.25, 0.3) is 5.69 Å². The number of nitro groups is 1. The first kappa shape index (κ1) is 14.0. The van der Waals surface area contributed by atoms with Crippen molar-refractivity contribution in [3.05, 3.63) is 58.3 Å². The highest BCUT2D eigenvalue weighted by Crippen LogP contribution is 2.34. The van der Waals surface area contributed by atoms with Gasteiger partial charge in [-0.1, -0.05) is 18.2 Å². The van der Waals surface area contributed by atoms with E-state index in [-0.39, 0.29) is 17.5 Å². The van der Waals surface area contributed by atoms with Gasteiger partial charge in [-0.3, -0.25) is 14.9 Å². The SMILES string of the molecule is O=C1Nc2ccccc2[C@H]1CCNc1ccc([N+](=O)[O-])cn1. The third kappa shape index (κ3) is 2.73. The number of rotatable bonds is 5. The van der Waals surface area contributed by atoms with E-state index in [9.17, 15) is 14.9 Å². The highest BCUT2D eigenvalue weighted by molar-refractivity contribution is 6.02. The highest BCUT2D eigenvalue weighted by Gasteiger charge is 2.29. The zero-order valence-corrected chi connectivity index (χ0v) is 11.7. The predicted molar refractivity (Wildman–Crippen MR) is 81.8 cm³/mol. The van der Waals surface area contributed by atoms with E-state index in [1.807, 2.05) is 24.3 Å². The first-order chi connectivity index (χ1) is 10.6. The molecule has 22 heavy (non-hydrogen) atoms. The molecule has 1 aromatic heterocycles. The van der Waals surface area contributed by atoms with Crippen molar-refractivity contribution < 1.29 is 9.72 Å². The van der Waals surface area contributed by atoms with E-state index >= 15 is 0 Å². The molecule has 7 heteroatoms. The Morgan fingerprint density at radius 3 is 2.82 bits per heavy atom. The zero-order chi connectivity index (χ0) is 15.5. The van der Waals surface area contributed by atoms with Gasteiger partial charge in [-0.2, -0.15) is 0 Å². The number of nitrogens with one attached hydrogen (secondary N) is 2. The maximum Gasteiger partial charge on any atom is 0.287 e. The first-order valence-electron chi connectivity index (χ1n) is 6.89. The highest BCUT2D eigenvalue weighted by atomic mass is 16.6. The number of nitrogens with zero attached hydrogens (tertiary/aromatic N) is 2. The lowest BCUT2D eigenvalue weighted by Gasteiger charge is -2.10. The summed E-state index contributed by atoms with van der Waals surface area (Å²) in [5, 5.41) is 16.5. The molecule has 0 spiro atoms. The van der Waals surface area contributed by atoms with Crippen LogP contribution in [0.5, 0.6) is 0 Å². The second-order valence-corrected chi connectivity index (χ2v) is 5.00. The van der Waals surface area contributed by atoms with Gasteiger partial charge in [-0.05, 0) is 24.1 Å². The molecule has 112 valence electrons. The Kier molecular flexibility index (Phi) is 3.69. The van der Waals surface area contributed by atoms with Crippen LogP contribution in [0.15, 0.2) is 42.6 Å². The predicted octanol–water partition coefficient (Wildman–Crippen LogP) is 2.53. The molecule has 1 aliphatic heterocycles. The van der Waals surface area contributed by atoms with Crippen LogP contribution < -0.4 is 10.6 Å². The van der Waals surface area contributed by atoms with E-state index in [4.69, 9.17) is 0 Å². The van der Waals surface area contributed by atoms with E-state index in [0.29, 0.717) is 18.8 Å². The summed E-state index contributed by atoms with van der Waals surface area (Å²) in [6, 6.07) is 10.6. The molecule has 0 aliphatic carbocycles. The van der Waals surface area contributed by atoms with Crippen LogP contribution in [0.4, 0.5) is 17.2 Å². The number of pyridine rings is 1. The summed E-state index contributed by atoms with van der Waals surface area (Å²) in [6.07, 6.45) is 1.83. The number of carbonyl (C=O) groups is 1. The molecule has 0 fully saturated rings. The second kappa shape index (κ2) is 5.80. The van der Waals surface area contributed by atoms with Crippen molar-refractivity contribution in [2.24, 2.45) is 0 Å². The van der Waals surface area contributed by atoms with E-state index in [2.05, 4.69) is 15.6 Å². The summed E-state index contributed by atoms with van der Waals surface area (Å²) in [7, 11) is 0. The Morgan fingerprint density at radius 2 is 2.09 bits per heavy atom. The third-order valence-corrected chi connectivity index (χ3v) is 3.61. The van der Waals surface area contributed by atoms with Crippen LogP contribution >= 0.6 is 0 Å². The van der Waals surface area contributed by atoms with Crippen LogP contribution in [0.2, 0.25) is 0 Å². The number of amides is 1. The average Bonchev–Trinajstić information content (AvgIpc) is 2.84. The normalized spacial score (nSPS) is 16.0. The van der Waals surface area contributed by atoms with Gasteiger partial charge in [0, 0.05) is 18.3 Å². The quantitative estimate of drug-likeness (QED) is 0.653. The Labute approximate surface area is 126 Å². The van der Waals surface area contributed by atoms with Crippen molar-refractivity contribution in [1.29, 1.82) is 0 Å². The van der Waals surface area contributed by atoms with Gasteiger partial charge in [-0.25, -0.2) is 4.98 Å². The Bertz CT molecular complexity index is 715. The van der Waals surface area contributed by atoms with Crippen LogP contribution in [0, 0.1) is 10.1 Å². The molecule has 1 atom stereocenters. The minimum atomic E-state index is -0.490. The van der Waals surface area contributed by atoms with E-state index in [1.165, 1.54) is 12.3 Å². The molecule has 1 aliphatic rings. The maximum absolute atomic E-state index is 12.0. The van der Waals surface area contributed by atoms with Crippen LogP contribution in [0.3, 0.4) is 0 Å². The topological polar surface area (TPSA) is 97.2 Å². The number of benzene rings is 1. The van der Waals surface area contributed by atoms with Crippen molar-refractivity contribution in [1.82, 2.24) is 4.98 Å². The van der Waals surface area contributed by atoms with Crippen molar-refractivity contribution in [2.45, 2.75) is 12.3 Å². The zero-order valence-electron chi connectivity index (χ0n) is 11.7. The number of anilines is 2. The average molecular weight is 298 g/mol. The van der Waals surface area contributed by atoms with Crippen LogP contribution in [-0.4, -0.2) is 22.4 Å². The monoisotopic (exact) mass is 298 g/mol. The first-order valence-corrected chi connectivity index (χ1v) is 6.89. The van der Waals surface area contributed by atoms with E-state index in [0.717, 1.165) is 11.3 Å². The molecule has 0 radical (unpaired) electrons. The van der Waals surface area contributed by atoms with Gasteiger partial charge < -0.3 is 10.6 Å². The lowest BCUT2D eigenvalue weighted by Crippen LogP contribution is -2.16. The largest absolute Gasteiger partial charge is 0.370 e. The van der Waals surface area contributed by atoms with Crippen molar-refractivity contribution in [3.8, 4) is 0 Å². The summed E-state index contributed by atoms with van der Waals surface area (Å²) in [6.45, 7) is 0.553. The van der Waals surface area contributed by atoms with Crippen molar-refractivity contribution in [3.63, 3.8) is 0 Å². The van der Waals surface area contributed by atoms with Crippen LogP contribution in [0.25, 0.3) is 0 Å². The second-order valence-electron chi connectivity index (χ2n) is 5.00. The maximum atomic E-state index is 12.0. The summed E-state index contributed by atoms with van der Waals surface area (Å²) >= 11 is 0. The molecule has 7 nitrogen and oxygen atoms in total. The number of aromatic nitrogens is 1. The Balaban J connectivity index is 1.59. The molecule has 0 unspecified atom stereocenters. The van der Waals surface area contributed by atoms with Gasteiger partial charge in [0.1, 0.15) is 12.0 Å². The van der Waals surface area contributed by atoms with Gasteiger partial charge in [0.15, 0.2) is 0 Å². The Morgan fingerprint density at radius 1 is 1.27 bits per heavy atom. The lowest BCUT2D eigenvalue weighted by atomic mass is 9.97. The standard InChI is InChI=1S/C15H14N4O3/c20-15-12(11-3-1-2-4-13(11)18-15)7-8-16-14-6-5-10(9-17-14)19(21)22/h1-6,9,12H,7-8H2,(H,16,17)(H,18,20)/t12-/m1/s1. The van der Waals surface area contributed by atoms with Crippen molar-refractivity contribution >= 4 is 23.1 Å². The Hall–Kier alpha value is -2.96. The van der Waals surface area contributed by atoms with E-state index < -0.39 is 4.92 Å². The minimum absolute atomic E-state index is 0.000316. The summed E-state index contributed by atoms with van der Waals surface area (Å²) < 4.78 is 0. The molecule has 2 N–H and O–H groups in total. The van der Waals surface area contributed by atoms with Crippen LogP contribution in [-0.2, 0) is 4.79 Å². The molecule has 0 saturated carbocycles. The van der Waals surface area contributed by atoms with Gasteiger partial charge in [-0.15, -0.1) is 0 Å². The molecule has 2 aromatic rings.